The summed E-state index contributed by atoms with van der Waals surface area (Å²) in [6, 6.07) is 15.1. The van der Waals surface area contributed by atoms with Crippen LogP contribution in [-0.2, 0) is 24.4 Å². The molecular formula is C21H27FN4O. The van der Waals surface area contributed by atoms with Gasteiger partial charge in [-0.25, -0.2) is 4.39 Å². The topological polar surface area (TPSA) is 48.9 Å². The van der Waals surface area contributed by atoms with Crippen molar-refractivity contribution in [2.45, 2.75) is 19.6 Å². The lowest BCUT2D eigenvalue weighted by Crippen LogP contribution is -2.36. The molecule has 5 nitrogen and oxygen atoms in total. The number of aliphatic imine (C=N–C) groups is 1. The molecule has 2 N–H and O–H groups in total. The Kier molecular flexibility index (Phi) is 7.19. The largest absolute Gasteiger partial charge is 0.379 e. The standard InChI is InChI=1S/C21H27FN4O/c1-23-21(25-15-18-6-8-20(22)9-7-18)24-14-17-2-4-19(5-3-17)16-26-10-12-27-13-11-26/h2-9H,10-16H2,1H3,(H2,23,24,25). The lowest BCUT2D eigenvalue weighted by Gasteiger charge is -2.26. The SMILES string of the molecule is CN=C(NCc1ccc(F)cc1)NCc1ccc(CN2CCOCC2)cc1. The Bertz CT molecular complexity index is 725. The number of nitrogens with zero attached hydrogens (tertiary/aromatic N) is 2. The highest BCUT2D eigenvalue weighted by molar-refractivity contribution is 5.79. The van der Waals surface area contributed by atoms with Crippen LogP contribution in [0.3, 0.4) is 0 Å². The van der Waals surface area contributed by atoms with E-state index < -0.39 is 0 Å². The van der Waals surface area contributed by atoms with Crippen LogP contribution in [0, 0.1) is 5.82 Å². The third kappa shape index (κ3) is 6.34. The summed E-state index contributed by atoms with van der Waals surface area (Å²) in [5, 5.41) is 6.54. The highest BCUT2D eigenvalue weighted by Crippen LogP contribution is 2.09. The molecule has 3 rings (SSSR count). The lowest BCUT2D eigenvalue weighted by molar-refractivity contribution is 0.0342. The van der Waals surface area contributed by atoms with Crippen LogP contribution >= 0.6 is 0 Å². The van der Waals surface area contributed by atoms with Crippen molar-refractivity contribution in [1.29, 1.82) is 0 Å². The van der Waals surface area contributed by atoms with Crippen molar-refractivity contribution in [2.75, 3.05) is 33.4 Å². The molecule has 0 radical (unpaired) electrons. The van der Waals surface area contributed by atoms with Crippen LogP contribution in [0.1, 0.15) is 16.7 Å². The van der Waals surface area contributed by atoms with Crippen molar-refractivity contribution in [1.82, 2.24) is 15.5 Å². The molecule has 1 aliphatic rings. The van der Waals surface area contributed by atoms with Crippen molar-refractivity contribution in [3.8, 4) is 0 Å². The summed E-state index contributed by atoms with van der Waals surface area (Å²) in [7, 11) is 1.74. The van der Waals surface area contributed by atoms with Crippen LogP contribution in [0.15, 0.2) is 53.5 Å². The summed E-state index contributed by atoms with van der Waals surface area (Å²) in [6.07, 6.45) is 0. The fraction of sp³-hybridized carbons (Fsp3) is 0.381. The summed E-state index contributed by atoms with van der Waals surface area (Å²) in [6.45, 7) is 5.91. The van der Waals surface area contributed by atoms with Gasteiger partial charge in [-0.1, -0.05) is 36.4 Å². The van der Waals surface area contributed by atoms with Gasteiger partial charge in [-0.05, 0) is 28.8 Å². The Morgan fingerprint density at radius 1 is 0.926 bits per heavy atom. The summed E-state index contributed by atoms with van der Waals surface area (Å²) in [4.78, 5) is 6.65. The van der Waals surface area contributed by atoms with E-state index in [0.29, 0.717) is 13.1 Å². The van der Waals surface area contributed by atoms with Gasteiger partial charge in [0.05, 0.1) is 13.2 Å². The van der Waals surface area contributed by atoms with E-state index >= 15 is 0 Å². The molecule has 0 atom stereocenters. The number of nitrogens with one attached hydrogen (secondary N) is 2. The van der Waals surface area contributed by atoms with Gasteiger partial charge in [0.1, 0.15) is 5.82 Å². The van der Waals surface area contributed by atoms with E-state index in [1.54, 1.807) is 19.2 Å². The molecule has 0 unspecified atom stereocenters. The van der Waals surface area contributed by atoms with Gasteiger partial charge in [0.2, 0.25) is 0 Å². The van der Waals surface area contributed by atoms with Crippen LogP contribution in [0.25, 0.3) is 0 Å². The van der Waals surface area contributed by atoms with Crippen molar-refractivity contribution >= 4 is 5.96 Å². The van der Waals surface area contributed by atoms with Gasteiger partial charge in [-0.2, -0.15) is 0 Å². The number of hydrogen-bond donors (Lipinski definition) is 2. The second kappa shape index (κ2) is 10.0. The van der Waals surface area contributed by atoms with Gasteiger partial charge >= 0.3 is 0 Å². The first-order chi connectivity index (χ1) is 13.2. The van der Waals surface area contributed by atoms with E-state index in [9.17, 15) is 4.39 Å². The zero-order valence-corrected chi connectivity index (χ0v) is 15.7. The minimum absolute atomic E-state index is 0.224. The molecule has 1 saturated heterocycles. The van der Waals surface area contributed by atoms with Crippen LogP contribution in [0.2, 0.25) is 0 Å². The zero-order chi connectivity index (χ0) is 18.9. The molecular weight excluding hydrogens is 343 g/mol. The number of halogens is 1. The minimum Gasteiger partial charge on any atom is -0.379 e. The quantitative estimate of drug-likeness (QED) is 0.606. The third-order valence-corrected chi connectivity index (χ3v) is 4.59. The van der Waals surface area contributed by atoms with Crippen LogP contribution in [-0.4, -0.2) is 44.2 Å². The lowest BCUT2D eigenvalue weighted by atomic mass is 10.1. The monoisotopic (exact) mass is 370 g/mol. The minimum atomic E-state index is -0.224. The average Bonchev–Trinajstić information content (AvgIpc) is 2.71. The molecule has 0 amide bonds. The van der Waals surface area contributed by atoms with E-state index in [2.05, 4.69) is 44.8 Å². The van der Waals surface area contributed by atoms with Gasteiger partial charge in [-0.15, -0.1) is 0 Å². The Hall–Kier alpha value is -2.44. The van der Waals surface area contributed by atoms with Crippen molar-refractivity contribution in [3.05, 3.63) is 71.0 Å². The van der Waals surface area contributed by atoms with E-state index in [1.165, 1.54) is 23.3 Å². The summed E-state index contributed by atoms with van der Waals surface area (Å²) in [5.41, 5.74) is 3.52. The molecule has 1 fully saturated rings. The molecule has 1 heterocycles. The molecule has 0 aromatic heterocycles. The fourth-order valence-corrected chi connectivity index (χ4v) is 2.97. The molecule has 0 spiro atoms. The first-order valence-corrected chi connectivity index (χ1v) is 9.30. The van der Waals surface area contributed by atoms with Gasteiger partial charge < -0.3 is 15.4 Å². The highest BCUT2D eigenvalue weighted by atomic mass is 19.1. The van der Waals surface area contributed by atoms with Crippen LogP contribution in [0.4, 0.5) is 4.39 Å². The van der Waals surface area contributed by atoms with Crippen LogP contribution in [0.5, 0.6) is 0 Å². The van der Waals surface area contributed by atoms with Gasteiger partial charge in [0.15, 0.2) is 5.96 Å². The summed E-state index contributed by atoms with van der Waals surface area (Å²) < 4.78 is 18.3. The fourth-order valence-electron chi connectivity index (χ4n) is 2.97. The number of guanidine groups is 1. The van der Waals surface area contributed by atoms with Crippen molar-refractivity contribution < 1.29 is 9.13 Å². The number of hydrogen-bond acceptors (Lipinski definition) is 3. The maximum atomic E-state index is 13.0. The molecule has 0 saturated carbocycles. The first kappa shape index (κ1) is 19.3. The van der Waals surface area contributed by atoms with Gasteiger partial charge in [-0.3, -0.25) is 9.89 Å². The number of morpholine rings is 1. The number of ether oxygens (including phenoxy) is 1. The first-order valence-electron chi connectivity index (χ1n) is 9.30. The van der Waals surface area contributed by atoms with E-state index in [4.69, 9.17) is 4.74 Å². The summed E-state index contributed by atoms with van der Waals surface area (Å²) in [5.74, 6) is 0.495. The van der Waals surface area contributed by atoms with Crippen molar-refractivity contribution in [2.24, 2.45) is 4.99 Å². The Labute approximate surface area is 160 Å². The maximum Gasteiger partial charge on any atom is 0.191 e. The molecule has 2 aromatic rings. The van der Waals surface area contributed by atoms with Crippen LogP contribution < -0.4 is 10.6 Å². The number of rotatable bonds is 6. The Morgan fingerprint density at radius 3 is 2.00 bits per heavy atom. The Morgan fingerprint density at radius 2 is 1.44 bits per heavy atom. The molecule has 1 aliphatic heterocycles. The third-order valence-electron chi connectivity index (χ3n) is 4.59. The predicted octanol–water partition coefficient (Wildman–Crippen LogP) is 2.52. The second-order valence-electron chi connectivity index (χ2n) is 6.61. The molecule has 2 aromatic carbocycles. The van der Waals surface area contributed by atoms with E-state index in [-0.39, 0.29) is 5.82 Å². The predicted molar refractivity (Wildman–Crippen MR) is 106 cm³/mol. The van der Waals surface area contributed by atoms with Crippen molar-refractivity contribution in [3.63, 3.8) is 0 Å². The van der Waals surface area contributed by atoms with Gasteiger partial charge in [0, 0.05) is 39.8 Å². The Balaban J connectivity index is 1.44. The molecule has 0 aliphatic carbocycles. The zero-order valence-electron chi connectivity index (χ0n) is 15.7. The van der Waals surface area contributed by atoms with Gasteiger partial charge in [0.25, 0.3) is 0 Å². The smallest absolute Gasteiger partial charge is 0.191 e. The molecule has 144 valence electrons. The maximum absolute atomic E-state index is 13.0. The normalized spacial score (nSPS) is 15.6. The number of benzene rings is 2. The molecule has 0 bridgehead atoms. The van der Waals surface area contributed by atoms with E-state index in [1.807, 2.05) is 0 Å². The van der Waals surface area contributed by atoms with E-state index in [0.717, 1.165) is 44.4 Å². The average molecular weight is 370 g/mol. The summed E-state index contributed by atoms with van der Waals surface area (Å²) >= 11 is 0. The highest BCUT2D eigenvalue weighted by Gasteiger charge is 2.10. The second-order valence-corrected chi connectivity index (χ2v) is 6.61. The molecule has 6 heteroatoms. The molecule has 27 heavy (non-hydrogen) atoms.